The summed E-state index contributed by atoms with van der Waals surface area (Å²) < 4.78 is 11.0. The Hall–Kier alpha value is -2.73. The molecule has 0 atom stereocenters. The molecule has 1 aliphatic rings. The molecule has 2 aromatic carbocycles. The van der Waals surface area contributed by atoms with Crippen LogP contribution in [0.5, 0.6) is 11.5 Å². The van der Waals surface area contributed by atoms with Crippen molar-refractivity contribution < 1.29 is 19.1 Å². The van der Waals surface area contributed by atoms with Crippen molar-refractivity contribution >= 4 is 29.1 Å². The van der Waals surface area contributed by atoms with Gasteiger partial charge in [-0.3, -0.25) is 9.59 Å². The molecule has 1 heterocycles. The fourth-order valence-corrected chi connectivity index (χ4v) is 2.67. The van der Waals surface area contributed by atoms with Gasteiger partial charge >= 0.3 is 0 Å². The first kappa shape index (κ1) is 18.1. The normalized spacial score (nSPS) is 12.7. The predicted octanol–water partition coefficient (Wildman–Crippen LogP) is 2.80. The number of fused-ring (bicyclic) bond motifs is 1. The molecule has 0 bridgehead atoms. The molecule has 136 valence electrons. The van der Waals surface area contributed by atoms with Crippen LogP contribution in [0.25, 0.3) is 0 Å². The van der Waals surface area contributed by atoms with Gasteiger partial charge in [-0.1, -0.05) is 11.6 Å². The van der Waals surface area contributed by atoms with Crippen LogP contribution in [0.2, 0.25) is 5.02 Å². The van der Waals surface area contributed by atoms with Crippen LogP contribution in [0.1, 0.15) is 12.0 Å². The zero-order valence-electron chi connectivity index (χ0n) is 14.1. The molecule has 0 aromatic heterocycles. The van der Waals surface area contributed by atoms with Crippen LogP contribution < -0.4 is 20.1 Å². The number of aryl methyl sites for hydroxylation is 1. The maximum atomic E-state index is 11.8. The van der Waals surface area contributed by atoms with Crippen LogP contribution in [0, 0.1) is 0 Å². The minimum Gasteiger partial charge on any atom is -0.492 e. The first-order valence-electron chi connectivity index (χ1n) is 8.31. The molecular weight excluding hydrogens is 356 g/mol. The average molecular weight is 375 g/mol. The summed E-state index contributed by atoms with van der Waals surface area (Å²) >= 11 is 5.79. The highest BCUT2D eigenvalue weighted by molar-refractivity contribution is 6.30. The molecule has 6 nitrogen and oxygen atoms in total. The molecule has 26 heavy (non-hydrogen) atoms. The minimum atomic E-state index is -0.225. The summed E-state index contributed by atoms with van der Waals surface area (Å²) in [5.74, 6) is 1.11. The van der Waals surface area contributed by atoms with Gasteiger partial charge in [0, 0.05) is 17.1 Å². The minimum absolute atomic E-state index is 0.0368. The molecule has 2 aromatic rings. The van der Waals surface area contributed by atoms with Crippen molar-refractivity contribution in [1.29, 1.82) is 0 Å². The summed E-state index contributed by atoms with van der Waals surface area (Å²) in [6.07, 6.45) is 1.19. The Balaban J connectivity index is 1.36. The molecule has 0 unspecified atom stereocenters. The number of nitrogens with one attached hydrogen (secondary N) is 2. The molecule has 1 aliphatic heterocycles. The van der Waals surface area contributed by atoms with Gasteiger partial charge in [0.05, 0.1) is 6.54 Å². The molecule has 0 radical (unpaired) electrons. The fourth-order valence-electron chi connectivity index (χ4n) is 2.54. The van der Waals surface area contributed by atoms with Crippen molar-refractivity contribution in [1.82, 2.24) is 5.32 Å². The molecule has 0 saturated carbocycles. The number of hydrogen-bond acceptors (Lipinski definition) is 4. The standard InChI is InChI=1S/C19H19ClN2O4/c20-14-2-4-15(5-3-14)26-12-19(24)21-9-10-25-16-6-7-17-13(11-16)1-8-18(23)22-17/h2-7,11H,1,8-10,12H2,(H,21,24)(H,22,23). The fraction of sp³-hybridized carbons (Fsp3) is 0.263. The Labute approximate surface area is 156 Å². The first-order chi connectivity index (χ1) is 12.6. The molecule has 0 aliphatic carbocycles. The lowest BCUT2D eigenvalue weighted by molar-refractivity contribution is -0.123. The van der Waals surface area contributed by atoms with Crippen LogP contribution in [0.4, 0.5) is 5.69 Å². The van der Waals surface area contributed by atoms with E-state index in [2.05, 4.69) is 10.6 Å². The highest BCUT2D eigenvalue weighted by Gasteiger charge is 2.15. The van der Waals surface area contributed by atoms with Gasteiger partial charge in [-0.25, -0.2) is 0 Å². The van der Waals surface area contributed by atoms with Crippen molar-refractivity contribution in [3.05, 3.63) is 53.1 Å². The Morgan fingerprint density at radius 2 is 1.85 bits per heavy atom. The molecular formula is C19H19ClN2O4. The van der Waals surface area contributed by atoms with E-state index in [9.17, 15) is 9.59 Å². The molecule has 7 heteroatoms. The van der Waals surface area contributed by atoms with Crippen molar-refractivity contribution in [3.8, 4) is 11.5 Å². The SMILES string of the molecule is O=C(COc1ccc(Cl)cc1)NCCOc1ccc2c(c1)CCC(=O)N2. The highest BCUT2D eigenvalue weighted by Crippen LogP contribution is 2.26. The number of anilines is 1. The number of carbonyl (C=O) groups excluding carboxylic acids is 2. The van der Waals surface area contributed by atoms with E-state index in [1.165, 1.54) is 0 Å². The van der Waals surface area contributed by atoms with E-state index in [0.717, 1.165) is 11.3 Å². The number of benzene rings is 2. The van der Waals surface area contributed by atoms with E-state index >= 15 is 0 Å². The van der Waals surface area contributed by atoms with E-state index < -0.39 is 0 Å². The third kappa shape index (κ3) is 5.13. The Bertz CT molecular complexity index is 793. The van der Waals surface area contributed by atoms with Crippen molar-refractivity contribution in [2.75, 3.05) is 25.1 Å². The molecule has 0 spiro atoms. The van der Waals surface area contributed by atoms with Crippen LogP contribution in [-0.2, 0) is 16.0 Å². The summed E-state index contributed by atoms with van der Waals surface area (Å²) in [6.45, 7) is 0.647. The third-order valence-electron chi connectivity index (χ3n) is 3.85. The molecule has 0 fully saturated rings. The summed E-state index contributed by atoms with van der Waals surface area (Å²) in [4.78, 5) is 23.1. The third-order valence-corrected chi connectivity index (χ3v) is 4.10. The number of carbonyl (C=O) groups is 2. The first-order valence-corrected chi connectivity index (χ1v) is 8.68. The molecule has 2 amide bonds. The summed E-state index contributed by atoms with van der Waals surface area (Å²) in [6, 6.07) is 12.4. The largest absolute Gasteiger partial charge is 0.492 e. The van der Waals surface area contributed by atoms with E-state index in [-0.39, 0.29) is 18.4 Å². The second kappa shape index (κ2) is 8.58. The van der Waals surface area contributed by atoms with Gasteiger partial charge in [0.1, 0.15) is 18.1 Å². The maximum absolute atomic E-state index is 11.8. The zero-order valence-corrected chi connectivity index (χ0v) is 14.8. The van der Waals surface area contributed by atoms with E-state index in [1.54, 1.807) is 30.3 Å². The Kier molecular flexibility index (Phi) is 5.96. The van der Waals surface area contributed by atoms with Gasteiger partial charge in [0.25, 0.3) is 5.91 Å². The predicted molar refractivity (Wildman–Crippen MR) is 98.8 cm³/mol. The number of ether oxygens (including phenoxy) is 2. The van der Waals surface area contributed by atoms with E-state index in [0.29, 0.717) is 42.5 Å². The summed E-state index contributed by atoms with van der Waals surface area (Å²) in [5, 5.41) is 6.17. The lowest BCUT2D eigenvalue weighted by Crippen LogP contribution is -2.32. The van der Waals surface area contributed by atoms with E-state index in [4.69, 9.17) is 21.1 Å². The second-order valence-electron chi connectivity index (χ2n) is 5.81. The van der Waals surface area contributed by atoms with Crippen LogP contribution in [0.3, 0.4) is 0 Å². The van der Waals surface area contributed by atoms with Gasteiger partial charge < -0.3 is 20.1 Å². The Morgan fingerprint density at radius 1 is 1.08 bits per heavy atom. The lowest BCUT2D eigenvalue weighted by Gasteiger charge is -2.17. The van der Waals surface area contributed by atoms with Gasteiger partial charge in [0.15, 0.2) is 6.61 Å². The van der Waals surface area contributed by atoms with Crippen molar-refractivity contribution in [2.24, 2.45) is 0 Å². The quantitative estimate of drug-likeness (QED) is 0.731. The number of rotatable bonds is 7. The van der Waals surface area contributed by atoms with Gasteiger partial charge in [0.2, 0.25) is 5.91 Å². The van der Waals surface area contributed by atoms with Gasteiger partial charge in [-0.05, 0) is 54.4 Å². The monoisotopic (exact) mass is 374 g/mol. The van der Waals surface area contributed by atoms with Crippen molar-refractivity contribution in [2.45, 2.75) is 12.8 Å². The van der Waals surface area contributed by atoms with Gasteiger partial charge in [-0.15, -0.1) is 0 Å². The zero-order chi connectivity index (χ0) is 18.4. The smallest absolute Gasteiger partial charge is 0.258 e. The van der Waals surface area contributed by atoms with E-state index in [1.807, 2.05) is 12.1 Å². The summed E-state index contributed by atoms with van der Waals surface area (Å²) in [7, 11) is 0. The highest BCUT2D eigenvalue weighted by atomic mass is 35.5. The molecule has 2 N–H and O–H groups in total. The van der Waals surface area contributed by atoms with Crippen LogP contribution in [0.15, 0.2) is 42.5 Å². The number of halogens is 1. The van der Waals surface area contributed by atoms with Gasteiger partial charge in [-0.2, -0.15) is 0 Å². The topological polar surface area (TPSA) is 76.7 Å². The molecule has 0 saturated heterocycles. The average Bonchev–Trinajstić information content (AvgIpc) is 2.65. The van der Waals surface area contributed by atoms with Crippen molar-refractivity contribution in [3.63, 3.8) is 0 Å². The number of amides is 2. The number of hydrogen-bond donors (Lipinski definition) is 2. The lowest BCUT2D eigenvalue weighted by atomic mass is 10.0. The maximum Gasteiger partial charge on any atom is 0.258 e. The molecule has 3 rings (SSSR count). The second-order valence-corrected chi connectivity index (χ2v) is 6.24. The van der Waals surface area contributed by atoms with Crippen LogP contribution in [-0.4, -0.2) is 31.6 Å². The van der Waals surface area contributed by atoms with Crippen LogP contribution >= 0.6 is 11.6 Å². The summed E-state index contributed by atoms with van der Waals surface area (Å²) in [5.41, 5.74) is 1.89. The Morgan fingerprint density at radius 3 is 2.65 bits per heavy atom.